The van der Waals surface area contributed by atoms with Crippen LogP contribution in [0.3, 0.4) is 0 Å². The average Bonchev–Trinajstić information content (AvgIpc) is 3.32. The number of amides is 3. The molecule has 1 atom stereocenters. The summed E-state index contributed by atoms with van der Waals surface area (Å²) < 4.78 is 18.8. The molecule has 3 N–H and O–H groups in total. The van der Waals surface area contributed by atoms with Crippen LogP contribution in [0.25, 0.3) is 11.1 Å². The Kier molecular flexibility index (Phi) is 8.18. The van der Waals surface area contributed by atoms with Crippen LogP contribution in [0.4, 0.5) is 26.2 Å². The molecule has 1 fully saturated rings. The zero-order valence-corrected chi connectivity index (χ0v) is 22.5. The quantitative estimate of drug-likeness (QED) is 0.372. The van der Waals surface area contributed by atoms with Crippen molar-refractivity contribution in [1.82, 2.24) is 5.32 Å². The van der Waals surface area contributed by atoms with E-state index < -0.39 is 11.7 Å². The van der Waals surface area contributed by atoms with E-state index in [0.29, 0.717) is 23.5 Å². The number of benzene rings is 3. The molecule has 204 valence electrons. The van der Waals surface area contributed by atoms with Crippen LogP contribution in [0.15, 0.2) is 66.7 Å². The zero-order chi connectivity index (χ0) is 28.2. The molecular formula is C30H33FN4O4. The van der Waals surface area contributed by atoms with Crippen molar-refractivity contribution in [1.29, 1.82) is 0 Å². The number of carbonyl (C=O) groups excluding carboxylic acids is 3. The topological polar surface area (TPSA) is 99.8 Å². The maximum atomic E-state index is 13.4. The first-order valence-electron chi connectivity index (χ1n) is 12.8. The van der Waals surface area contributed by atoms with Gasteiger partial charge >= 0.3 is 6.09 Å². The molecule has 8 nitrogen and oxygen atoms in total. The largest absolute Gasteiger partial charge is 0.444 e. The molecule has 0 radical (unpaired) electrons. The van der Waals surface area contributed by atoms with E-state index in [0.717, 1.165) is 29.8 Å². The van der Waals surface area contributed by atoms with Crippen molar-refractivity contribution in [2.75, 3.05) is 28.6 Å². The molecule has 1 heterocycles. The van der Waals surface area contributed by atoms with Crippen molar-refractivity contribution < 1.29 is 23.5 Å². The van der Waals surface area contributed by atoms with Crippen molar-refractivity contribution in [2.45, 2.75) is 45.8 Å². The number of anilines is 3. The van der Waals surface area contributed by atoms with Crippen LogP contribution in [-0.2, 0) is 9.53 Å². The van der Waals surface area contributed by atoms with E-state index in [1.165, 1.54) is 19.1 Å². The molecule has 0 aliphatic carbocycles. The predicted octanol–water partition coefficient (Wildman–Crippen LogP) is 5.81. The summed E-state index contributed by atoms with van der Waals surface area (Å²) in [6, 6.07) is 18.5. The van der Waals surface area contributed by atoms with Gasteiger partial charge in [0, 0.05) is 37.3 Å². The first-order chi connectivity index (χ1) is 18.5. The molecule has 1 unspecified atom stereocenters. The number of ether oxygens (including phenoxy) is 1. The first-order valence-corrected chi connectivity index (χ1v) is 12.8. The number of carbonyl (C=O) groups is 3. The fourth-order valence-electron chi connectivity index (χ4n) is 4.41. The van der Waals surface area contributed by atoms with Crippen LogP contribution in [0, 0.1) is 5.82 Å². The third kappa shape index (κ3) is 7.56. The standard InChI is InChI=1S/C30H33FN4O4/c1-19(36)32-24-15-16-35(18-24)25-12-7-21(8-13-25)28(37)33-27-17-22(20-5-10-23(31)11-6-20)9-14-26(27)34-29(38)39-30(2,3)4/h5-14,17,24H,15-16,18H2,1-4H3,(H,32,36)(H,33,37)(H,34,38). The van der Waals surface area contributed by atoms with Gasteiger partial charge < -0.3 is 20.3 Å². The normalized spacial score (nSPS) is 15.0. The summed E-state index contributed by atoms with van der Waals surface area (Å²) in [5, 5.41) is 8.54. The summed E-state index contributed by atoms with van der Waals surface area (Å²) in [6.45, 7) is 8.32. The van der Waals surface area contributed by atoms with Gasteiger partial charge in [-0.1, -0.05) is 18.2 Å². The van der Waals surface area contributed by atoms with Gasteiger partial charge in [-0.2, -0.15) is 0 Å². The lowest BCUT2D eigenvalue weighted by Crippen LogP contribution is -2.35. The second-order valence-corrected chi connectivity index (χ2v) is 10.5. The molecule has 39 heavy (non-hydrogen) atoms. The van der Waals surface area contributed by atoms with Crippen molar-refractivity contribution in [2.24, 2.45) is 0 Å². The van der Waals surface area contributed by atoms with Crippen LogP contribution < -0.4 is 20.9 Å². The van der Waals surface area contributed by atoms with E-state index in [4.69, 9.17) is 4.74 Å². The number of nitrogens with zero attached hydrogens (tertiary/aromatic N) is 1. The van der Waals surface area contributed by atoms with Crippen LogP contribution >= 0.6 is 0 Å². The average molecular weight is 533 g/mol. The molecular weight excluding hydrogens is 499 g/mol. The van der Waals surface area contributed by atoms with Crippen molar-refractivity contribution in [3.63, 3.8) is 0 Å². The van der Waals surface area contributed by atoms with Crippen molar-refractivity contribution in [3.05, 3.63) is 78.1 Å². The number of nitrogens with one attached hydrogen (secondary N) is 3. The van der Waals surface area contributed by atoms with Gasteiger partial charge in [-0.15, -0.1) is 0 Å². The molecule has 0 saturated carbocycles. The van der Waals surface area contributed by atoms with Gasteiger partial charge in [0.05, 0.1) is 11.4 Å². The van der Waals surface area contributed by atoms with Crippen LogP contribution in [0.1, 0.15) is 44.5 Å². The minimum atomic E-state index is -0.694. The first kappa shape index (κ1) is 27.6. The molecule has 3 aromatic carbocycles. The lowest BCUT2D eigenvalue weighted by Gasteiger charge is -2.21. The van der Waals surface area contributed by atoms with Gasteiger partial charge in [0.15, 0.2) is 0 Å². The molecule has 1 aliphatic rings. The third-order valence-corrected chi connectivity index (χ3v) is 6.17. The van der Waals surface area contributed by atoms with E-state index in [9.17, 15) is 18.8 Å². The Bertz CT molecular complexity index is 1350. The highest BCUT2D eigenvalue weighted by molar-refractivity contribution is 6.07. The fourth-order valence-corrected chi connectivity index (χ4v) is 4.41. The molecule has 0 bridgehead atoms. The summed E-state index contributed by atoms with van der Waals surface area (Å²) in [4.78, 5) is 39.2. The molecule has 1 saturated heterocycles. The highest BCUT2D eigenvalue weighted by atomic mass is 19.1. The van der Waals surface area contributed by atoms with Gasteiger partial charge in [0.25, 0.3) is 5.91 Å². The Morgan fingerprint density at radius 2 is 1.56 bits per heavy atom. The van der Waals surface area contributed by atoms with Gasteiger partial charge in [-0.25, -0.2) is 9.18 Å². The van der Waals surface area contributed by atoms with E-state index in [1.54, 1.807) is 63.2 Å². The minimum Gasteiger partial charge on any atom is -0.444 e. The van der Waals surface area contributed by atoms with Crippen molar-refractivity contribution >= 4 is 35.0 Å². The number of hydrogen-bond donors (Lipinski definition) is 3. The second kappa shape index (κ2) is 11.6. The molecule has 3 amide bonds. The maximum Gasteiger partial charge on any atom is 0.412 e. The van der Waals surface area contributed by atoms with Crippen LogP contribution in [0.5, 0.6) is 0 Å². The molecule has 1 aliphatic heterocycles. The minimum absolute atomic E-state index is 0.0436. The molecule has 9 heteroatoms. The Labute approximate surface area is 227 Å². The molecule has 0 aromatic heterocycles. The van der Waals surface area contributed by atoms with Crippen LogP contribution in [0.2, 0.25) is 0 Å². The fraction of sp³-hybridized carbons (Fsp3) is 0.300. The monoisotopic (exact) mass is 532 g/mol. The van der Waals surface area contributed by atoms with Gasteiger partial charge in [0.2, 0.25) is 5.91 Å². The molecule has 4 rings (SSSR count). The van der Waals surface area contributed by atoms with Crippen molar-refractivity contribution in [3.8, 4) is 11.1 Å². The number of halogens is 1. The third-order valence-electron chi connectivity index (χ3n) is 6.17. The van der Waals surface area contributed by atoms with E-state index in [2.05, 4.69) is 20.9 Å². The van der Waals surface area contributed by atoms with E-state index in [1.807, 2.05) is 12.1 Å². The summed E-state index contributed by atoms with van der Waals surface area (Å²) in [7, 11) is 0. The Morgan fingerprint density at radius 3 is 2.21 bits per heavy atom. The van der Waals surface area contributed by atoms with Gasteiger partial charge in [-0.05, 0) is 86.8 Å². The SMILES string of the molecule is CC(=O)NC1CCN(c2ccc(C(=O)Nc3cc(-c4ccc(F)cc4)ccc3NC(=O)OC(C)(C)C)cc2)C1. The van der Waals surface area contributed by atoms with Gasteiger partial charge in [0.1, 0.15) is 11.4 Å². The lowest BCUT2D eigenvalue weighted by atomic mass is 10.0. The zero-order valence-electron chi connectivity index (χ0n) is 22.5. The summed E-state index contributed by atoms with van der Waals surface area (Å²) in [5.74, 6) is -0.751. The maximum absolute atomic E-state index is 13.4. The summed E-state index contributed by atoms with van der Waals surface area (Å²) >= 11 is 0. The summed E-state index contributed by atoms with van der Waals surface area (Å²) in [5.41, 5.74) is 2.93. The Morgan fingerprint density at radius 1 is 0.897 bits per heavy atom. The molecule has 3 aromatic rings. The number of hydrogen-bond acceptors (Lipinski definition) is 5. The summed E-state index contributed by atoms with van der Waals surface area (Å²) in [6.07, 6.45) is 0.208. The van der Waals surface area contributed by atoms with Gasteiger partial charge in [-0.3, -0.25) is 14.9 Å². The Hall–Kier alpha value is -4.40. The predicted molar refractivity (Wildman–Crippen MR) is 151 cm³/mol. The van der Waals surface area contributed by atoms with Crippen LogP contribution in [-0.4, -0.2) is 42.6 Å². The van der Waals surface area contributed by atoms with E-state index in [-0.39, 0.29) is 23.7 Å². The highest BCUT2D eigenvalue weighted by Gasteiger charge is 2.23. The highest BCUT2D eigenvalue weighted by Crippen LogP contribution is 2.31. The Balaban J connectivity index is 1.53. The lowest BCUT2D eigenvalue weighted by molar-refractivity contribution is -0.119. The van der Waals surface area contributed by atoms with E-state index >= 15 is 0 Å². The second-order valence-electron chi connectivity index (χ2n) is 10.5. The molecule has 0 spiro atoms. The smallest absolute Gasteiger partial charge is 0.412 e. The number of rotatable bonds is 6.